The number of methoxy groups -OCH3 is 1. The van der Waals surface area contributed by atoms with Crippen LogP contribution in [0.25, 0.3) is 0 Å². The van der Waals surface area contributed by atoms with Crippen molar-refractivity contribution in [3.8, 4) is 17.6 Å². The Kier molecular flexibility index (Phi) is 5.94. The standard InChI is InChI=1S/C16H14ClNO2S/c1-20-14-7-6-12(4-3-9-19)13(10-14)11-21-16-15(17)5-2-8-18-16/h2,5-8,10,19H,9,11H2,1H3. The van der Waals surface area contributed by atoms with Gasteiger partial charge < -0.3 is 9.84 Å². The zero-order chi connectivity index (χ0) is 15.1. The molecule has 0 saturated carbocycles. The molecule has 0 spiro atoms. The van der Waals surface area contributed by atoms with Crippen LogP contribution in [-0.4, -0.2) is 23.8 Å². The van der Waals surface area contributed by atoms with E-state index in [0.29, 0.717) is 10.8 Å². The summed E-state index contributed by atoms with van der Waals surface area (Å²) < 4.78 is 5.24. The molecule has 2 aromatic rings. The molecule has 1 aromatic carbocycles. The van der Waals surface area contributed by atoms with E-state index < -0.39 is 0 Å². The molecule has 0 aliphatic rings. The van der Waals surface area contributed by atoms with E-state index in [1.54, 1.807) is 19.4 Å². The second-order valence-corrected chi connectivity index (χ2v) is 5.43. The van der Waals surface area contributed by atoms with Gasteiger partial charge in [-0.15, -0.1) is 11.8 Å². The van der Waals surface area contributed by atoms with E-state index in [1.807, 2.05) is 24.3 Å². The molecule has 0 amide bonds. The maximum absolute atomic E-state index is 8.83. The summed E-state index contributed by atoms with van der Waals surface area (Å²) in [6.45, 7) is -0.162. The third-order valence-corrected chi connectivity index (χ3v) is 4.17. The smallest absolute Gasteiger partial charge is 0.119 e. The lowest BCUT2D eigenvalue weighted by atomic mass is 10.1. The molecule has 21 heavy (non-hydrogen) atoms. The Hall–Kier alpha value is -1.67. The Labute approximate surface area is 133 Å². The zero-order valence-electron chi connectivity index (χ0n) is 11.5. The number of pyridine rings is 1. The Bertz CT molecular complexity index is 679. The minimum absolute atomic E-state index is 0.162. The van der Waals surface area contributed by atoms with Gasteiger partial charge in [0.25, 0.3) is 0 Å². The lowest BCUT2D eigenvalue weighted by Crippen LogP contribution is -1.92. The summed E-state index contributed by atoms with van der Waals surface area (Å²) >= 11 is 7.64. The maximum Gasteiger partial charge on any atom is 0.119 e. The first kappa shape index (κ1) is 15.7. The molecule has 3 nitrogen and oxygen atoms in total. The first-order chi connectivity index (χ1) is 10.2. The number of rotatable bonds is 4. The van der Waals surface area contributed by atoms with E-state index in [9.17, 15) is 0 Å². The first-order valence-corrected chi connectivity index (χ1v) is 7.61. The molecule has 0 unspecified atom stereocenters. The maximum atomic E-state index is 8.83. The van der Waals surface area contributed by atoms with Crippen molar-refractivity contribution < 1.29 is 9.84 Å². The number of halogens is 1. The van der Waals surface area contributed by atoms with Gasteiger partial charge in [-0.2, -0.15) is 0 Å². The minimum atomic E-state index is -0.162. The normalized spacial score (nSPS) is 9.86. The molecule has 1 aromatic heterocycles. The van der Waals surface area contributed by atoms with Crippen molar-refractivity contribution in [1.82, 2.24) is 4.98 Å². The number of hydrogen-bond acceptors (Lipinski definition) is 4. The minimum Gasteiger partial charge on any atom is -0.497 e. The van der Waals surface area contributed by atoms with E-state index in [4.69, 9.17) is 21.4 Å². The van der Waals surface area contributed by atoms with Gasteiger partial charge in [0.15, 0.2) is 0 Å². The van der Waals surface area contributed by atoms with E-state index >= 15 is 0 Å². The highest BCUT2D eigenvalue weighted by Crippen LogP contribution is 2.29. The molecular weight excluding hydrogens is 306 g/mol. The third-order valence-electron chi connectivity index (χ3n) is 2.70. The third kappa shape index (κ3) is 4.40. The van der Waals surface area contributed by atoms with E-state index in [-0.39, 0.29) is 6.61 Å². The summed E-state index contributed by atoms with van der Waals surface area (Å²) in [7, 11) is 1.63. The fourth-order valence-corrected chi connectivity index (χ4v) is 2.85. The number of aliphatic hydroxyl groups is 1. The summed E-state index contributed by atoms with van der Waals surface area (Å²) in [5.41, 5.74) is 1.88. The van der Waals surface area contributed by atoms with Gasteiger partial charge in [-0.3, -0.25) is 0 Å². The molecule has 0 saturated heterocycles. The zero-order valence-corrected chi connectivity index (χ0v) is 13.0. The Morgan fingerprint density at radius 1 is 1.38 bits per heavy atom. The summed E-state index contributed by atoms with van der Waals surface area (Å²) in [4.78, 5) is 4.25. The molecule has 0 fully saturated rings. The van der Waals surface area contributed by atoms with Crippen LogP contribution in [-0.2, 0) is 5.75 Å². The predicted octanol–water partition coefficient (Wildman–Crippen LogP) is 3.38. The number of nitrogens with zero attached hydrogens (tertiary/aromatic N) is 1. The van der Waals surface area contributed by atoms with Crippen LogP contribution >= 0.6 is 23.4 Å². The largest absolute Gasteiger partial charge is 0.497 e. The fraction of sp³-hybridized carbons (Fsp3) is 0.188. The van der Waals surface area contributed by atoms with Gasteiger partial charge in [0, 0.05) is 17.5 Å². The van der Waals surface area contributed by atoms with Gasteiger partial charge in [0.05, 0.1) is 12.1 Å². The SMILES string of the molecule is COc1ccc(C#CCO)c(CSc2ncccc2Cl)c1. The van der Waals surface area contributed by atoms with Crippen molar-refractivity contribution in [2.24, 2.45) is 0 Å². The fourth-order valence-electron chi connectivity index (χ4n) is 1.70. The van der Waals surface area contributed by atoms with Crippen molar-refractivity contribution in [1.29, 1.82) is 0 Å². The molecule has 5 heteroatoms. The summed E-state index contributed by atoms with van der Waals surface area (Å²) in [5.74, 6) is 7.05. The van der Waals surface area contributed by atoms with Gasteiger partial charge in [-0.25, -0.2) is 4.98 Å². The molecule has 108 valence electrons. The molecule has 0 aliphatic heterocycles. The molecular formula is C16H14ClNO2S. The van der Waals surface area contributed by atoms with Crippen LogP contribution in [0.1, 0.15) is 11.1 Å². The second-order valence-electron chi connectivity index (χ2n) is 4.06. The molecule has 0 aliphatic carbocycles. The molecule has 0 atom stereocenters. The van der Waals surface area contributed by atoms with Crippen LogP contribution in [0.4, 0.5) is 0 Å². The van der Waals surface area contributed by atoms with Crippen LogP contribution in [0.2, 0.25) is 5.02 Å². The average molecular weight is 320 g/mol. The predicted molar refractivity (Wildman–Crippen MR) is 85.8 cm³/mol. The van der Waals surface area contributed by atoms with E-state index in [1.165, 1.54) is 11.8 Å². The van der Waals surface area contributed by atoms with Crippen molar-refractivity contribution in [3.05, 3.63) is 52.7 Å². The number of ether oxygens (including phenoxy) is 1. The molecule has 0 bridgehead atoms. The van der Waals surface area contributed by atoms with Crippen LogP contribution in [0.5, 0.6) is 5.75 Å². The molecule has 2 rings (SSSR count). The summed E-state index contributed by atoms with van der Waals surface area (Å²) in [5, 5.41) is 10.2. The van der Waals surface area contributed by atoms with Gasteiger partial charge in [0.2, 0.25) is 0 Å². The quantitative estimate of drug-likeness (QED) is 0.693. The van der Waals surface area contributed by atoms with E-state index in [0.717, 1.165) is 21.9 Å². The van der Waals surface area contributed by atoms with Crippen LogP contribution < -0.4 is 4.74 Å². The highest BCUT2D eigenvalue weighted by Gasteiger charge is 2.07. The van der Waals surface area contributed by atoms with E-state index in [2.05, 4.69) is 16.8 Å². The highest BCUT2D eigenvalue weighted by molar-refractivity contribution is 7.98. The number of aromatic nitrogens is 1. The van der Waals surface area contributed by atoms with Gasteiger partial charge in [-0.1, -0.05) is 23.4 Å². The number of hydrogen-bond donors (Lipinski definition) is 1. The van der Waals surface area contributed by atoms with Gasteiger partial charge >= 0.3 is 0 Å². The van der Waals surface area contributed by atoms with Crippen LogP contribution in [0.15, 0.2) is 41.6 Å². The monoisotopic (exact) mass is 319 g/mol. The van der Waals surface area contributed by atoms with Gasteiger partial charge in [-0.05, 0) is 35.9 Å². The summed E-state index contributed by atoms with van der Waals surface area (Å²) in [6.07, 6.45) is 1.71. The summed E-state index contributed by atoms with van der Waals surface area (Å²) in [6, 6.07) is 9.29. The second kappa shape index (κ2) is 7.94. The van der Waals surface area contributed by atoms with Crippen molar-refractivity contribution >= 4 is 23.4 Å². The van der Waals surface area contributed by atoms with Gasteiger partial charge in [0.1, 0.15) is 17.4 Å². The van der Waals surface area contributed by atoms with Crippen molar-refractivity contribution in [2.45, 2.75) is 10.8 Å². The lowest BCUT2D eigenvalue weighted by Gasteiger charge is -2.08. The van der Waals surface area contributed by atoms with Crippen molar-refractivity contribution in [3.63, 3.8) is 0 Å². The lowest BCUT2D eigenvalue weighted by molar-refractivity contribution is 0.350. The van der Waals surface area contributed by atoms with Crippen LogP contribution in [0, 0.1) is 11.8 Å². The number of thioether (sulfide) groups is 1. The topological polar surface area (TPSA) is 42.4 Å². The first-order valence-electron chi connectivity index (χ1n) is 6.24. The Morgan fingerprint density at radius 2 is 2.24 bits per heavy atom. The highest BCUT2D eigenvalue weighted by atomic mass is 35.5. The average Bonchev–Trinajstić information content (AvgIpc) is 2.52. The Morgan fingerprint density at radius 3 is 2.95 bits per heavy atom. The molecule has 1 heterocycles. The number of aliphatic hydroxyl groups excluding tert-OH is 1. The molecule has 0 radical (unpaired) electrons. The molecule has 1 N–H and O–H groups in total. The van der Waals surface area contributed by atoms with Crippen molar-refractivity contribution in [2.75, 3.05) is 13.7 Å². The number of benzene rings is 1. The Balaban J connectivity index is 2.23. The van der Waals surface area contributed by atoms with Crippen LogP contribution in [0.3, 0.4) is 0 Å².